The number of pyridine rings is 1. The van der Waals surface area contributed by atoms with E-state index in [1.54, 1.807) is 11.1 Å². The molecule has 0 spiro atoms. The molecule has 1 aromatic heterocycles. The SMILES string of the molecule is CN(CCc1ccccn1)C(=O)CCCCCCN. The first kappa shape index (κ1) is 15.6. The number of nitrogens with two attached hydrogens (primary N) is 1. The summed E-state index contributed by atoms with van der Waals surface area (Å²) in [7, 11) is 1.87. The lowest BCUT2D eigenvalue weighted by atomic mass is 10.1. The van der Waals surface area contributed by atoms with Crippen molar-refractivity contribution in [1.29, 1.82) is 0 Å². The maximum Gasteiger partial charge on any atom is 0.222 e. The second kappa shape index (κ2) is 9.50. The highest BCUT2D eigenvalue weighted by atomic mass is 16.2. The first-order chi connectivity index (χ1) is 9.24. The lowest BCUT2D eigenvalue weighted by Gasteiger charge is -2.16. The van der Waals surface area contributed by atoms with Crippen LogP contribution >= 0.6 is 0 Å². The third kappa shape index (κ3) is 6.91. The Labute approximate surface area is 116 Å². The van der Waals surface area contributed by atoms with Crippen LogP contribution < -0.4 is 5.73 Å². The Kier molecular flexibility index (Phi) is 7.82. The van der Waals surface area contributed by atoms with Crippen molar-refractivity contribution in [2.24, 2.45) is 5.73 Å². The number of rotatable bonds is 9. The molecule has 0 aromatic carbocycles. The zero-order valence-electron chi connectivity index (χ0n) is 11.8. The topological polar surface area (TPSA) is 59.2 Å². The molecule has 4 heteroatoms. The summed E-state index contributed by atoms with van der Waals surface area (Å²) in [5.74, 6) is 0.226. The van der Waals surface area contributed by atoms with Gasteiger partial charge in [0, 0.05) is 38.3 Å². The van der Waals surface area contributed by atoms with Gasteiger partial charge < -0.3 is 10.6 Å². The van der Waals surface area contributed by atoms with E-state index in [4.69, 9.17) is 5.73 Å². The summed E-state index contributed by atoms with van der Waals surface area (Å²) in [6, 6.07) is 5.87. The minimum Gasteiger partial charge on any atom is -0.345 e. The van der Waals surface area contributed by atoms with Gasteiger partial charge in [-0.1, -0.05) is 18.9 Å². The second-order valence-electron chi connectivity index (χ2n) is 4.84. The highest BCUT2D eigenvalue weighted by molar-refractivity contribution is 5.75. The maximum atomic E-state index is 11.9. The van der Waals surface area contributed by atoms with Crippen molar-refractivity contribution in [3.63, 3.8) is 0 Å². The Morgan fingerprint density at radius 2 is 2.05 bits per heavy atom. The highest BCUT2D eigenvalue weighted by Gasteiger charge is 2.08. The van der Waals surface area contributed by atoms with Crippen LogP contribution in [0.25, 0.3) is 0 Å². The number of aromatic nitrogens is 1. The predicted molar refractivity (Wildman–Crippen MR) is 77.7 cm³/mol. The lowest BCUT2D eigenvalue weighted by Crippen LogP contribution is -2.28. The van der Waals surface area contributed by atoms with Crippen LogP contribution in [0.2, 0.25) is 0 Å². The average molecular weight is 263 g/mol. The Hall–Kier alpha value is -1.42. The van der Waals surface area contributed by atoms with Crippen LogP contribution in [-0.4, -0.2) is 35.9 Å². The molecule has 19 heavy (non-hydrogen) atoms. The molecule has 0 saturated heterocycles. The number of nitrogens with zero attached hydrogens (tertiary/aromatic N) is 2. The lowest BCUT2D eigenvalue weighted by molar-refractivity contribution is -0.130. The molecule has 1 rings (SSSR count). The van der Waals surface area contributed by atoms with Gasteiger partial charge in [0.2, 0.25) is 5.91 Å². The van der Waals surface area contributed by atoms with Gasteiger partial charge in [0.25, 0.3) is 0 Å². The van der Waals surface area contributed by atoms with Gasteiger partial charge in [-0.15, -0.1) is 0 Å². The number of carbonyl (C=O) groups excluding carboxylic acids is 1. The predicted octanol–water partition coefficient (Wildman–Crippen LogP) is 1.99. The first-order valence-electron chi connectivity index (χ1n) is 7.08. The van der Waals surface area contributed by atoms with Crippen LogP contribution in [0.4, 0.5) is 0 Å². The maximum absolute atomic E-state index is 11.9. The molecule has 2 N–H and O–H groups in total. The zero-order valence-corrected chi connectivity index (χ0v) is 11.8. The van der Waals surface area contributed by atoms with Crippen molar-refractivity contribution in [1.82, 2.24) is 9.88 Å². The van der Waals surface area contributed by atoms with Gasteiger partial charge in [0.05, 0.1) is 0 Å². The Balaban J connectivity index is 2.14. The Bertz CT molecular complexity index is 354. The van der Waals surface area contributed by atoms with E-state index >= 15 is 0 Å². The van der Waals surface area contributed by atoms with Crippen LogP contribution in [0.5, 0.6) is 0 Å². The number of likely N-dealkylation sites (N-methyl/N-ethyl adjacent to an activating group) is 1. The molecule has 0 unspecified atom stereocenters. The smallest absolute Gasteiger partial charge is 0.222 e. The summed E-state index contributed by atoms with van der Waals surface area (Å²) in [4.78, 5) is 17.9. The van der Waals surface area contributed by atoms with Gasteiger partial charge >= 0.3 is 0 Å². The normalized spacial score (nSPS) is 10.4. The van der Waals surface area contributed by atoms with Crippen molar-refractivity contribution in [2.75, 3.05) is 20.1 Å². The molecule has 1 aromatic rings. The van der Waals surface area contributed by atoms with Gasteiger partial charge in [-0.05, 0) is 31.5 Å². The molecule has 0 aliphatic carbocycles. The molecule has 0 aliphatic rings. The third-order valence-corrected chi connectivity index (χ3v) is 3.20. The van der Waals surface area contributed by atoms with Crippen LogP contribution in [0.1, 0.15) is 37.8 Å². The van der Waals surface area contributed by atoms with Crippen LogP contribution in [-0.2, 0) is 11.2 Å². The fourth-order valence-electron chi connectivity index (χ4n) is 1.92. The van der Waals surface area contributed by atoms with E-state index in [1.165, 1.54) is 0 Å². The van der Waals surface area contributed by atoms with E-state index < -0.39 is 0 Å². The van der Waals surface area contributed by atoms with Crippen LogP contribution in [0.3, 0.4) is 0 Å². The number of carbonyl (C=O) groups is 1. The molecule has 0 aliphatic heterocycles. The summed E-state index contributed by atoms with van der Waals surface area (Å²) in [6.45, 7) is 1.48. The summed E-state index contributed by atoms with van der Waals surface area (Å²) < 4.78 is 0. The van der Waals surface area contributed by atoms with Crippen molar-refractivity contribution in [3.8, 4) is 0 Å². The van der Waals surface area contributed by atoms with E-state index in [1.807, 2.05) is 25.2 Å². The van der Waals surface area contributed by atoms with Gasteiger partial charge in [-0.25, -0.2) is 0 Å². The van der Waals surface area contributed by atoms with Crippen molar-refractivity contribution >= 4 is 5.91 Å². The van der Waals surface area contributed by atoms with Gasteiger partial charge in [0.15, 0.2) is 0 Å². The van der Waals surface area contributed by atoms with Crippen molar-refractivity contribution in [2.45, 2.75) is 38.5 Å². The van der Waals surface area contributed by atoms with E-state index in [0.717, 1.165) is 50.9 Å². The van der Waals surface area contributed by atoms with Crippen LogP contribution in [0, 0.1) is 0 Å². The van der Waals surface area contributed by atoms with Crippen molar-refractivity contribution in [3.05, 3.63) is 30.1 Å². The summed E-state index contributed by atoms with van der Waals surface area (Å²) in [6.07, 6.45) is 7.49. The minimum absolute atomic E-state index is 0.226. The molecule has 0 saturated carbocycles. The monoisotopic (exact) mass is 263 g/mol. The largest absolute Gasteiger partial charge is 0.345 e. The Morgan fingerprint density at radius 1 is 1.26 bits per heavy atom. The first-order valence-corrected chi connectivity index (χ1v) is 7.08. The molecule has 1 amide bonds. The second-order valence-corrected chi connectivity index (χ2v) is 4.84. The van der Waals surface area contributed by atoms with Gasteiger partial charge in [0.1, 0.15) is 0 Å². The molecule has 1 heterocycles. The molecular formula is C15H25N3O. The number of hydrogen-bond donors (Lipinski definition) is 1. The Morgan fingerprint density at radius 3 is 2.74 bits per heavy atom. The molecule has 106 valence electrons. The number of hydrogen-bond acceptors (Lipinski definition) is 3. The third-order valence-electron chi connectivity index (χ3n) is 3.20. The molecule has 0 bridgehead atoms. The fraction of sp³-hybridized carbons (Fsp3) is 0.600. The molecule has 0 radical (unpaired) electrons. The van der Waals surface area contributed by atoms with Crippen LogP contribution in [0.15, 0.2) is 24.4 Å². The van der Waals surface area contributed by atoms with Gasteiger partial charge in [-0.2, -0.15) is 0 Å². The summed E-state index contributed by atoms with van der Waals surface area (Å²) >= 11 is 0. The molecule has 4 nitrogen and oxygen atoms in total. The van der Waals surface area contributed by atoms with E-state index in [-0.39, 0.29) is 5.91 Å². The summed E-state index contributed by atoms with van der Waals surface area (Å²) in [5, 5.41) is 0. The zero-order chi connectivity index (χ0) is 13.9. The molecular weight excluding hydrogens is 238 g/mol. The quantitative estimate of drug-likeness (QED) is 0.693. The average Bonchev–Trinajstić information content (AvgIpc) is 2.45. The fourth-order valence-corrected chi connectivity index (χ4v) is 1.92. The van der Waals surface area contributed by atoms with Gasteiger partial charge in [-0.3, -0.25) is 9.78 Å². The van der Waals surface area contributed by atoms with E-state index in [0.29, 0.717) is 6.42 Å². The van der Waals surface area contributed by atoms with E-state index in [2.05, 4.69) is 4.98 Å². The molecule has 0 fully saturated rings. The van der Waals surface area contributed by atoms with E-state index in [9.17, 15) is 4.79 Å². The number of unbranched alkanes of at least 4 members (excludes halogenated alkanes) is 3. The summed E-state index contributed by atoms with van der Waals surface area (Å²) in [5.41, 5.74) is 6.47. The standard InChI is InChI=1S/C15H25N3O/c1-18(13-10-14-8-5-7-12-17-14)15(19)9-4-2-3-6-11-16/h5,7-8,12H,2-4,6,9-11,13,16H2,1H3. The minimum atomic E-state index is 0.226. The number of amides is 1. The highest BCUT2D eigenvalue weighted by Crippen LogP contribution is 2.05. The van der Waals surface area contributed by atoms with Crippen molar-refractivity contribution < 1.29 is 4.79 Å². The molecule has 0 atom stereocenters.